The van der Waals surface area contributed by atoms with Crippen LogP contribution in [0.2, 0.25) is 5.02 Å². The maximum Gasteiger partial charge on any atom is 0.124 e. The van der Waals surface area contributed by atoms with Crippen LogP contribution in [0.3, 0.4) is 0 Å². The second kappa shape index (κ2) is 6.40. The van der Waals surface area contributed by atoms with Crippen LogP contribution in [0.4, 0.5) is 4.39 Å². The molecule has 100 valence electrons. The van der Waals surface area contributed by atoms with Crippen LogP contribution >= 0.6 is 27.5 Å². The fourth-order valence-corrected chi connectivity index (χ4v) is 2.80. The van der Waals surface area contributed by atoms with Crippen LogP contribution in [0.25, 0.3) is 0 Å². The highest BCUT2D eigenvalue weighted by molar-refractivity contribution is 9.09. The second-order valence-corrected chi connectivity index (χ2v) is 5.73. The SMILES string of the molecule is COc1cc(Cl)ccc1C(Br)Cc1ccc(F)cc1. The van der Waals surface area contributed by atoms with Crippen molar-refractivity contribution in [3.8, 4) is 5.75 Å². The molecule has 0 aliphatic carbocycles. The van der Waals surface area contributed by atoms with E-state index in [0.717, 1.165) is 23.3 Å². The maximum absolute atomic E-state index is 12.9. The average Bonchev–Trinajstić information content (AvgIpc) is 2.41. The molecule has 0 saturated carbocycles. The zero-order valence-electron chi connectivity index (χ0n) is 10.4. The van der Waals surface area contributed by atoms with E-state index in [1.54, 1.807) is 25.3 Å². The summed E-state index contributed by atoms with van der Waals surface area (Å²) in [6, 6.07) is 12.1. The summed E-state index contributed by atoms with van der Waals surface area (Å²) >= 11 is 9.58. The first kappa shape index (κ1) is 14.4. The molecular formula is C15H13BrClFO. The summed E-state index contributed by atoms with van der Waals surface area (Å²) in [4.78, 5) is 0.0881. The van der Waals surface area contributed by atoms with Gasteiger partial charge in [0.15, 0.2) is 0 Å². The summed E-state index contributed by atoms with van der Waals surface area (Å²) in [7, 11) is 1.62. The van der Waals surface area contributed by atoms with Crippen molar-refractivity contribution in [2.45, 2.75) is 11.2 Å². The lowest BCUT2D eigenvalue weighted by Crippen LogP contribution is -1.99. The van der Waals surface area contributed by atoms with Crippen LogP contribution in [0.5, 0.6) is 5.75 Å². The molecule has 0 heterocycles. The van der Waals surface area contributed by atoms with E-state index < -0.39 is 0 Å². The zero-order valence-corrected chi connectivity index (χ0v) is 12.7. The second-order valence-electron chi connectivity index (χ2n) is 4.18. The quantitative estimate of drug-likeness (QED) is 0.696. The third-order valence-electron chi connectivity index (χ3n) is 2.86. The number of methoxy groups -OCH3 is 1. The van der Waals surface area contributed by atoms with E-state index in [-0.39, 0.29) is 10.6 Å². The molecule has 1 nitrogen and oxygen atoms in total. The monoisotopic (exact) mass is 342 g/mol. The highest BCUT2D eigenvalue weighted by atomic mass is 79.9. The van der Waals surface area contributed by atoms with Crippen molar-refractivity contribution in [3.63, 3.8) is 0 Å². The van der Waals surface area contributed by atoms with E-state index in [2.05, 4.69) is 15.9 Å². The summed E-state index contributed by atoms with van der Waals surface area (Å²) in [5.74, 6) is 0.524. The summed E-state index contributed by atoms with van der Waals surface area (Å²) in [6.45, 7) is 0. The molecule has 0 spiro atoms. The Kier molecular flexibility index (Phi) is 4.83. The van der Waals surface area contributed by atoms with Crippen LogP contribution in [0.1, 0.15) is 16.0 Å². The maximum atomic E-state index is 12.9. The Morgan fingerprint density at radius 1 is 1.21 bits per heavy atom. The Morgan fingerprint density at radius 2 is 1.89 bits per heavy atom. The Hall–Kier alpha value is -1.06. The minimum atomic E-state index is -0.223. The first-order valence-electron chi connectivity index (χ1n) is 5.82. The molecule has 0 radical (unpaired) electrons. The van der Waals surface area contributed by atoms with Gasteiger partial charge in [0.1, 0.15) is 11.6 Å². The molecule has 0 saturated heterocycles. The van der Waals surface area contributed by atoms with E-state index in [1.165, 1.54) is 12.1 Å². The van der Waals surface area contributed by atoms with Gasteiger partial charge in [0.25, 0.3) is 0 Å². The molecule has 0 N–H and O–H groups in total. The van der Waals surface area contributed by atoms with Crippen molar-refractivity contribution in [2.24, 2.45) is 0 Å². The molecule has 19 heavy (non-hydrogen) atoms. The molecule has 0 bridgehead atoms. The van der Waals surface area contributed by atoms with Crippen molar-refractivity contribution in [2.75, 3.05) is 7.11 Å². The van der Waals surface area contributed by atoms with E-state index in [4.69, 9.17) is 16.3 Å². The molecule has 2 rings (SSSR count). The molecule has 1 atom stereocenters. The standard InChI is InChI=1S/C15H13BrClFO/c1-19-15-9-11(17)4-7-13(15)14(16)8-10-2-5-12(18)6-3-10/h2-7,9,14H,8H2,1H3. The fourth-order valence-electron chi connectivity index (χ4n) is 1.88. The van der Waals surface area contributed by atoms with Gasteiger partial charge in [0.05, 0.1) is 7.11 Å². The van der Waals surface area contributed by atoms with Gasteiger partial charge in [-0.25, -0.2) is 4.39 Å². The number of rotatable bonds is 4. The van der Waals surface area contributed by atoms with Gasteiger partial charge >= 0.3 is 0 Å². The van der Waals surface area contributed by atoms with Gasteiger partial charge in [0.2, 0.25) is 0 Å². The van der Waals surface area contributed by atoms with Crippen molar-refractivity contribution in [1.82, 2.24) is 0 Å². The van der Waals surface area contributed by atoms with Crippen molar-refractivity contribution >= 4 is 27.5 Å². The zero-order chi connectivity index (χ0) is 13.8. The molecular weight excluding hydrogens is 331 g/mol. The van der Waals surface area contributed by atoms with Crippen LogP contribution < -0.4 is 4.74 Å². The van der Waals surface area contributed by atoms with Crippen LogP contribution in [-0.2, 0) is 6.42 Å². The van der Waals surface area contributed by atoms with Crippen LogP contribution in [0.15, 0.2) is 42.5 Å². The van der Waals surface area contributed by atoms with Gasteiger partial charge in [-0.3, -0.25) is 0 Å². The lowest BCUT2D eigenvalue weighted by molar-refractivity contribution is 0.409. The van der Waals surface area contributed by atoms with E-state index in [9.17, 15) is 4.39 Å². The smallest absolute Gasteiger partial charge is 0.124 e. The minimum Gasteiger partial charge on any atom is -0.496 e. The Balaban J connectivity index is 2.19. The topological polar surface area (TPSA) is 9.23 Å². The van der Waals surface area contributed by atoms with E-state index >= 15 is 0 Å². The van der Waals surface area contributed by atoms with E-state index in [1.807, 2.05) is 12.1 Å². The number of ether oxygens (including phenoxy) is 1. The van der Waals surface area contributed by atoms with Crippen molar-refractivity contribution in [3.05, 3.63) is 64.4 Å². The van der Waals surface area contributed by atoms with Crippen LogP contribution in [-0.4, -0.2) is 7.11 Å². The number of hydrogen-bond acceptors (Lipinski definition) is 1. The average molecular weight is 344 g/mol. The van der Waals surface area contributed by atoms with Crippen molar-refractivity contribution < 1.29 is 9.13 Å². The molecule has 0 aliphatic heterocycles. The lowest BCUT2D eigenvalue weighted by Gasteiger charge is -2.14. The Morgan fingerprint density at radius 3 is 2.53 bits per heavy atom. The summed E-state index contributed by atoms with van der Waals surface area (Å²) < 4.78 is 18.2. The number of benzene rings is 2. The fraction of sp³-hybridized carbons (Fsp3) is 0.200. The van der Waals surface area contributed by atoms with Crippen LogP contribution in [0, 0.1) is 5.82 Å². The Bertz CT molecular complexity index is 557. The van der Waals surface area contributed by atoms with E-state index in [0.29, 0.717) is 5.02 Å². The third kappa shape index (κ3) is 3.71. The highest BCUT2D eigenvalue weighted by Crippen LogP contribution is 2.35. The van der Waals surface area contributed by atoms with Gasteiger partial charge in [-0.05, 0) is 36.2 Å². The molecule has 0 fully saturated rings. The summed E-state index contributed by atoms with van der Waals surface area (Å²) in [6.07, 6.45) is 0.748. The molecule has 1 unspecified atom stereocenters. The molecule has 0 amide bonds. The van der Waals surface area contributed by atoms with Gasteiger partial charge in [0, 0.05) is 15.4 Å². The largest absolute Gasteiger partial charge is 0.496 e. The molecule has 2 aromatic carbocycles. The molecule has 0 aliphatic rings. The summed E-state index contributed by atoms with van der Waals surface area (Å²) in [5.41, 5.74) is 2.08. The first-order valence-corrected chi connectivity index (χ1v) is 7.11. The number of alkyl halides is 1. The molecule has 4 heteroatoms. The van der Waals surface area contributed by atoms with Crippen molar-refractivity contribution in [1.29, 1.82) is 0 Å². The number of halogens is 3. The lowest BCUT2D eigenvalue weighted by atomic mass is 10.0. The molecule has 2 aromatic rings. The van der Waals surface area contributed by atoms with Gasteiger partial charge < -0.3 is 4.74 Å². The van der Waals surface area contributed by atoms with Gasteiger partial charge in [-0.2, -0.15) is 0 Å². The number of hydrogen-bond donors (Lipinski definition) is 0. The normalized spacial score (nSPS) is 12.2. The first-order chi connectivity index (χ1) is 9.10. The third-order valence-corrected chi connectivity index (χ3v) is 3.91. The minimum absolute atomic E-state index is 0.0881. The predicted octanol–water partition coefficient (Wildman–Crippen LogP) is 5.17. The summed E-state index contributed by atoms with van der Waals surface area (Å²) in [5, 5.41) is 0.641. The Labute approximate surface area is 125 Å². The highest BCUT2D eigenvalue weighted by Gasteiger charge is 2.14. The van der Waals surface area contributed by atoms with Gasteiger partial charge in [-0.1, -0.05) is 45.7 Å². The van der Waals surface area contributed by atoms with Gasteiger partial charge in [-0.15, -0.1) is 0 Å². The molecule has 0 aromatic heterocycles. The predicted molar refractivity (Wildman–Crippen MR) is 79.8 cm³/mol.